The van der Waals surface area contributed by atoms with Gasteiger partial charge in [-0.15, -0.1) is 0 Å². The van der Waals surface area contributed by atoms with Gasteiger partial charge in [0.1, 0.15) is 5.82 Å². The zero-order chi connectivity index (χ0) is 13.7. The summed E-state index contributed by atoms with van der Waals surface area (Å²) in [5, 5.41) is 2.74. The van der Waals surface area contributed by atoms with Gasteiger partial charge >= 0.3 is 0 Å². The fraction of sp³-hybridized carbons (Fsp3) is 0.200. The maximum absolute atomic E-state index is 12.7. The minimum Gasteiger partial charge on any atom is -0.326 e. The van der Waals surface area contributed by atoms with Crippen molar-refractivity contribution < 1.29 is 9.18 Å². The summed E-state index contributed by atoms with van der Waals surface area (Å²) in [6.45, 7) is 1.97. The van der Waals surface area contributed by atoms with Crippen molar-refractivity contribution >= 4 is 11.6 Å². The minimum absolute atomic E-state index is 0.0918. The fourth-order valence-corrected chi connectivity index (χ4v) is 1.81. The van der Waals surface area contributed by atoms with E-state index in [1.165, 1.54) is 12.1 Å². The summed E-state index contributed by atoms with van der Waals surface area (Å²) in [6.07, 6.45) is 3.83. The van der Waals surface area contributed by atoms with Gasteiger partial charge in [0.2, 0.25) is 5.91 Å². The van der Waals surface area contributed by atoms with Crippen molar-refractivity contribution in [2.45, 2.75) is 19.3 Å². The molecule has 19 heavy (non-hydrogen) atoms. The first kappa shape index (κ1) is 13.2. The molecule has 1 atom stereocenters. The summed E-state index contributed by atoms with van der Waals surface area (Å²) in [6, 6.07) is 9.52. The highest BCUT2D eigenvalue weighted by Gasteiger charge is 2.11. The normalized spacial score (nSPS) is 11.9. The Kier molecular flexibility index (Phi) is 4.23. The number of hydrogen-bond donors (Lipinski definition) is 1. The van der Waals surface area contributed by atoms with Gasteiger partial charge in [-0.1, -0.05) is 13.0 Å². The van der Waals surface area contributed by atoms with Crippen LogP contribution in [0.2, 0.25) is 0 Å². The predicted octanol–water partition coefficient (Wildman–Crippen LogP) is 3.35. The van der Waals surface area contributed by atoms with E-state index in [0.29, 0.717) is 12.1 Å². The Hall–Kier alpha value is -2.23. The third kappa shape index (κ3) is 3.88. The molecule has 0 saturated carbocycles. The number of nitrogens with one attached hydrogen (secondary N) is 1. The Labute approximate surface area is 111 Å². The van der Waals surface area contributed by atoms with E-state index in [1.807, 2.05) is 19.1 Å². The lowest BCUT2D eigenvalue weighted by Gasteiger charge is -2.11. The topological polar surface area (TPSA) is 42.0 Å². The van der Waals surface area contributed by atoms with Crippen LogP contribution >= 0.6 is 0 Å². The maximum Gasteiger partial charge on any atom is 0.224 e. The number of carbonyl (C=O) groups is 1. The third-order valence-electron chi connectivity index (χ3n) is 2.87. The molecule has 1 heterocycles. The summed E-state index contributed by atoms with van der Waals surface area (Å²) in [7, 11) is 0. The lowest BCUT2D eigenvalue weighted by molar-refractivity contribution is -0.116. The number of pyridine rings is 1. The Morgan fingerprint density at radius 2 is 2.05 bits per heavy atom. The first-order valence-corrected chi connectivity index (χ1v) is 6.10. The second-order valence-corrected chi connectivity index (χ2v) is 4.45. The van der Waals surface area contributed by atoms with E-state index in [-0.39, 0.29) is 17.6 Å². The first-order chi connectivity index (χ1) is 9.15. The largest absolute Gasteiger partial charge is 0.326 e. The van der Waals surface area contributed by atoms with E-state index < -0.39 is 0 Å². The number of hydrogen-bond acceptors (Lipinski definition) is 2. The molecule has 1 amide bonds. The highest BCUT2D eigenvalue weighted by Crippen LogP contribution is 2.18. The molecule has 0 bridgehead atoms. The van der Waals surface area contributed by atoms with Gasteiger partial charge in [0.25, 0.3) is 0 Å². The molecule has 98 valence electrons. The van der Waals surface area contributed by atoms with Crippen LogP contribution in [0.1, 0.15) is 24.8 Å². The summed E-state index contributed by atoms with van der Waals surface area (Å²) in [5.41, 5.74) is 1.63. The number of anilines is 1. The molecule has 1 aromatic carbocycles. The van der Waals surface area contributed by atoms with Crippen LogP contribution in [0.5, 0.6) is 0 Å². The van der Waals surface area contributed by atoms with Gasteiger partial charge < -0.3 is 5.32 Å². The molecule has 0 aliphatic carbocycles. The summed E-state index contributed by atoms with van der Waals surface area (Å²) in [4.78, 5) is 15.9. The number of amides is 1. The van der Waals surface area contributed by atoms with E-state index >= 15 is 0 Å². The highest BCUT2D eigenvalue weighted by atomic mass is 19.1. The van der Waals surface area contributed by atoms with Gasteiger partial charge in [-0.3, -0.25) is 9.78 Å². The van der Waals surface area contributed by atoms with Crippen molar-refractivity contribution in [3.8, 4) is 0 Å². The Morgan fingerprint density at radius 1 is 1.32 bits per heavy atom. The van der Waals surface area contributed by atoms with Crippen molar-refractivity contribution in [1.29, 1.82) is 0 Å². The second-order valence-electron chi connectivity index (χ2n) is 4.45. The SMILES string of the molecule is CC(CC(=O)Nc1ccc(F)cc1)c1cccnc1. The minimum atomic E-state index is -0.318. The van der Waals surface area contributed by atoms with Crippen LogP contribution in [0.3, 0.4) is 0 Å². The molecule has 0 radical (unpaired) electrons. The molecule has 0 aliphatic heterocycles. The van der Waals surface area contributed by atoms with Crippen LogP contribution in [0.4, 0.5) is 10.1 Å². The van der Waals surface area contributed by atoms with Gasteiger partial charge in [0.05, 0.1) is 0 Å². The Bertz CT molecular complexity index is 540. The van der Waals surface area contributed by atoms with Crippen molar-refractivity contribution in [2.24, 2.45) is 0 Å². The van der Waals surface area contributed by atoms with E-state index in [2.05, 4.69) is 10.3 Å². The van der Waals surface area contributed by atoms with Crippen molar-refractivity contribution in [3.05, 3.63) is 60.2 Å². The van der Waals surface area contributed by atoms with E-state index in [4.69, 9.17) is 0 Å². The summed E-state index contributed by atoms with van der Waals surface area (Å²) < 4.78 is 12.7. The number of benzene rings is 1. The molecule has 0 fully saturated rings. The zero-order valence-electron chi connectivity index (χ0n) is 10.6. The predicted molar refractivity (Wildman–Crippen MR) is 72.3 cm³/mol. The lowest BCUT2D eigenvalue weighted by Crippen LogP contribution is -2.14. The van der Waals surface area contributed by atoms with Gasteiger partial charge in [-0.2, -0.15) is 0 Å². The lowest BCUT2D eigenvalue weighted by atomic mass is 9.99. The smallest absolute Gasteiger partial charge is 0.224 e. The van der Waals surface area contributed by atoms with Gasteiger partial charge in [-0.05, 0) is 41.8 Å². The van der Waals surface area contributed by atoms with Crippen LogP contribution in [-0.4, -0.2) is 10.9 Å². The molecule has 4 heteroatoms. The average Bonchev–Trinajstić information content (AvgIpc) is 2.42. The average molecular weight is 258 g/mol. The van der Waals surface area contributed by atoms with Gasteiger partial charge in [0.15, 0.2) is 0 Å². The van der Waals surface area contributed by atoms with E-state index in [1.54, 1.807) is 24.5 Å². The molecular weight excluding hydrogens is 243 g/mol. The second kappa shape index (κ2) is 6.09. The van der Waals surface area contributed by atoms with Crippen molar-refractivity contribution in [3.63, 3.8) is 0 Å². The fourth-order valence-electron chi connectivity index (χ4n) is 1.81. The Morgan fingerprint density at radius 3 is 2.68 bits per heavy atom. The van der Waals surface area contributed by atoms with E-state index in [9.17, 15) is 9.18 Å². The zero-order valence-corrected chi connectivity index (χ0v) is 10.6. The number of rotatable bonds is 4. The Balaban J connectivity index is 1.93. The molecule has 2 rings (SSSR count). The molecule has 1 unspecified atom stereocenters. The molecule has 1 N–H and O–H groups in total. The first-order valence-electron chi connectivity index (χ1n) is 6.10. The molecule has 3 nitrogen and oxygen atoms in total. The molecule has 1 aromatic heterocycles. The van der Waals surface area contributed by atoms with Crippen LogP contribution in [-0.2, 0) is 4.79 Å². The summed E-state index contributed by atoms with van der Waals surface area (Å²) in [5.74, 6) is -0.321. The maximum atomic E-state index is 12.7. The van der Waals surface area contributed by atoms with Crippen molar-refractivity contribution in [2.75, 3.05) is 5.32 Å². The standard InChI is InChI=1S/C15H15FN2O/c1-11(12-3-2-8-17-10-12)9-15(19)18-14-6-4-13(16)5-7-14/h2-8,10-11H,9H2,1H3,(H,18,19). The van der Waals surface area contributed by atoms with E-state index in [0.717, 1.165) is 5.56 Å². The number of aromatic nitrogens is 1. The third-order valence-corrected chi connectivity index (χ3v) is 2.87. The number of halogens is 1. The molecular formula is C15H15FN2O. The number of nitrogens with zero attached hydrogens (tertiary/aromatic N) is 1. The van der Waals surface area contributed by atoms with Crippen LogP contribution in [0.15, 0.2) is 48.8 Å². The van der Waals surface area contributed by atoms with Crippen LogP contribution < -0.4 is 5.32 Å². The van der Waals surface area contributed by atoms with Gasteiger partial charge in [-0.25, -0.2) is 4.39 Å². The molecule has 0 spiro atoms. The van der Waals surface area contributed by atoms with Gasteiger partial charge in [0, 0.05) is 24.5 Å². The summed E-state index contributed by atoms with van der Waals surface area (Å²) >= 11 is 0. The molecule has 2 aromatic rings. The van der Waals surface area contributed by atoms with Crippen LogP contribution in [0, 0.1) is 5.82 Å². The van der Waals surface area contributed by atoms with Crippen molar-refractivity contribution in [1.82, 2.24) is 4.98 Å². The number of carbonyl (C=O) groups excluding carboxylic acids is 1. The molecule has 0 aliphatic rings. The molecule has 0 saturated heterocycles. The van der Waals surface area contributed by atoms with Crippen LogP contribution in [0.25, 0.3) is 0 Å². The highest BCUT2D eigenvalue weighted by molar-refractivity contribution is 5.91. The quantitative estimate of drug-likeness (QED) is 0.913. The monoisotopic (exact) mass is 258 g/mol.